The molecule has 0 saturated carbocycles. The van der Waals surface area contributed by atoms with E-state index >= 15 is 0 Å². The number of hydrogen-bond acceptors (Lipinski definition) is 4. The van der Waals surface area contributed by atoms with Crippen molar-refractivity contribution in [3.63, 3.8) is 0 Å². The number of rotatable bonds is 7. The molecule has 0 aromatic heterocycles. The van der Waals surface area contributed by atoms with Gasteiger partial charge in [0.15, 0.2) is 5.78 Å². The van der Waals surface area contributed by atoms with Gasteiger partial charge < -0.3 is 14.4 Å². The molecular weight excluding hydrogens is 366 g/mol. The summed E-state index contributed by atoms with van der Waals surface area (Å²) in [6.45, 7) is 16.7. The van der Waals surface area contributed by atoms with Crippen LogP contribution in [-0.2, 0) is 16.0 Å². The molecule has 1 aromatic carbocycles. The monoisotopic (exact) mass is 401 g/mol. The van der Waals surface area contributed by atoms with Crippen LogP contribution in [0.2, 0.25) is 0 Å². The molecule has 160 valence electrons. The third kappa shape index (κ3) is 6.34. The minimum Gasteiger partial charge on any atom is -0.494 e. The van der Waals surface area contributed by atoms with Gasteiger partial charge in [0, 0.05) is 13.0 Å². The molecule has 5 nitrogen and oxygen atoms in total. The van der Waals surface area contributed by atoms with Crippen molar-refractivity contribution in [1.29, 1.82) is 0 Å². The summed E-state index contributed by atoms with van der Waals surface area (Å²) in [6.07, 6.45) is 1.19. The number of ether oxygens (including phenoxy) is 2. The fourth-order valence-electron chi connectivity index (χ4n) is 3.63. The van der Waals surface area contributed by atoms with Gasteiger partial charge in [-0.05, 0) is 75.3 Å². The molecule has 0 aliphatic carbocycles. The number of nitrogens with zero attached hydrogens (tertiary/aromatic N) is 1. The Morgan fingerprint density at radius 3 is 2.55 bits per heavy atom. The van der Waals surface area contributed by atoms with E-state index in [9.17, 15) is 9.59 Å². The van der Waals surface area contributed by atoms with Crippen molar-refractivity contribution in [3.05, 3.63) is 41.5 Å². The highest BCUT2D eigenvalue weighted by Gasteiger charge is 2.35. The number of hydrogen-bond donors (Lipinski definition) is 0. The summed E-state index contributed by atoms with van der Waals surface area (Å²) < 4.78 is 11.2. The first-order chi connectivity index (χ1) is 13.5. The van der Waals surface area contributed by atoms with E-state index in [1.54, 1.807) is 4.90 Å². The van der Waals surface area contributed by atoms with E-state index in [0.717, 1.165) is 16.9 Å². The van der Waals surface area contributed by atoms with Crippen LogP contribution in [0.25, 0.3) is 0 Å². The quantitative estimate of drug-likeness (QED) is 0.568. The molecule has 1 atom stereocenters. The van der Waals surface area contributed by atoms with Crippen molar-refractivity contribution in [1.82, 2.24) is 4.90 Å². The zero-order valence-corrected chi connectivity index (χ0v) is 18.7. The van der Waals surface area contributed by atoms with Crippen LogP contribution < -0.4 is 4.74 Å². The van der Waals surface area contributed by atoms with Crippen LogP contribution in [0, 0.1) is 5.92 Å². The molecule has 0 saturated heterocycles. The van der Waals surface area contributed by atoms with E-state index in [4.69, 9.17) is 9.47 Å². The maximum absolute atomic E-state index is 12.9. The number of ketones is 1. The maximum Gasteiger partial charge on any atom is 0.410 e. The van der Waals surface area contributed by atoms with Gasteiger partial charge in [0.2, 0.25) is 0 Å². The van der Waals surface area contributed by atoms with Crippen molar-refractivity contribution in [2.75, 3.05) is 13.2 Å². The van der Waals surface area contributed by atoms with Gasteiger partial charge in [-0.1, -0.05) is 26.5 Å². The summed E-state index contributed by atoms with van der Waals surface area (Å²) in [4.78, 5) is 27.4. The van der Waals surface area contributed by atoms with Crippen LogP contribution in [0.3, 0.4) is 0 Å². The minimum atomic E-state index is -0.591. The lowest BCUT2D eigenvalue weighted by Crippen LogP contribution is -2.43. The summed E-state index contributed by atoms with van der Waals surface area (Å²) in [5.41, 5.74) is 2.12. The number of allylic oxidation sites excluding steroid dienone is 1. The molecule has 1 aliphatic rings. The normalized spacial score (nSPS) is 16.4. The van der Waals surface area contributed by atoms with Gasteiger partial charge in [0.05, 0.1) is 12.6 Å². The van der Waals surface area contributed by atoms with Crippen molar-refractivity contribution in [2.24, 2.45) is 5.92 Å². The predicted octanol–water partition coefficient (Wildman–Crippen LogP) is 5.48. The van der Waals surface area contributed by atoms with Crippen LogP contribution in [0.15, 0.2) is 30.4 Å². The first-order valence-electron chi connectivity index (χ1n) is 10.5. The van der Waals surface area contributed by atoms with Crippen molar-refractivity contribution < 1.29 is 19.1 Å². The summed E-state index contributed by atoms with van der Waals surface area (Å²) in [7, 11) is 0. The lowest BCUT2D eigenvalue weighted by molar-refractivity contribution is -0.117. The SMILES string of the molecule is C=C(CC(C)C)C(=O)C[C@@H]1c2ccc(OCC)cc2CCN1C(=O)OC(C)(C)C. The Morgan fingerprint density at radius 1 is 1.28 bits per heavy atom. The Bertz CT molecular complexity index is 761. The molecule has 0 unspecified atom stereocenters. The van der Waals surface area contributed by atoms with E-state index in [2.05, 4.69) is 20.4 Å². The van der Waals surface area contributed by atoms with Crippen LogP contribution in [-0.4, -0.2) is 35.5 Å². The zero-order valence-electron chi connectivity index (χ0n) is 18.7. The summed E-state index contributed by atoms with van der Waals surface area (Å²) in [6, 6.07) is 5.54. The zero-order chi connectivity index (χ0) is 21.8. The van der Waals surface area contributed by atoms with E-state index in [1.165, 1.54) is 0 Å². The lowest BCUT2D eigenvalue weighted by atomic mass is 9.87. The highest BCUT2D eigenvalue weighted by Crippen LogP contribution is 2.36. The highest BCUT2D eigenvalue weighted by molar-refractivity contribution is 5.95. The third-order valence-electron chi connectivity index (χ3n) is 4.84. The van der Waals surface area contributed by atoms with Crippen molar-refractivity contribution >= 4 is 11.9 Å². The number of benzene rings is 1. The standard InChI is InChI=1S/C24H35NO4/c1-8-28-19-9-10-20-18(14-19)11-12-25(23(27)29-24(5,6)7)21(20)15-22(26)17(4)13-16(2)3/h9-10,14,16,21H,4,8,11-13,15H2,1-3,5-7H3/t21-/m1/s1. The highest BCUT2D eigenvalue weighted by atomic mass is 16.6. The maximum atomic E-state index is 12.9. The molecule has 0 fully saturated rings. The fraction of sp³-hybridized carbons (Fsp3) is 0.583. The number of carbonyl (C=O) groups excluding carboxylic acids is 2. The summed E-state index contributed by atoms with van der Waals surface area (Å²) >= 11 is 0. The van der Waals surface area contributed by atoms with Crippen LogP contribution in [0.1, 0.15) is 71.6 Å². The Kier molecular flexibility index (Phi) is 7.50. The van der Waals surface area contributed by atoms with E-state index in [-0.39, 0.29) is 24.3 Å². The molecule has 1 aromatic rings. The Morgan fingerprint density at radius 2 is 1.97 bits per heavy atom. The van der Waals surface area contributed by atoms with Gasteiger partial charge in [-0.3, -0.25) is 4.79 Å². The molecule has 29 heavy (non-hydrogen) atoms. The number of fused-ring (bicyclic) bond motifs is 1. The second kappa shape index (κ2) is 9.47. The Hall–Kier alpha value is -2.30. The molecule has 1 amide bonds. The van der Waals surface area contributed by atoms with Gasteiger partial charge in [0.25, 0.3) is 0 Å². The number of Topliss-reactive ketones (excluding diaryl/α,β-unsaturated/α-hetero) is 1. The molecule has 5 heteroatoms. The van der Waals surface area contributed by atoms with Crippen molar-refractivity contribution in [3.8, 4) is 5.75 Å². The van der Waals surface area contributed by atoms with Crippen LogP contribution in [0.5, 0.6) is 5.75 Å². The fourth-order valence-corrected chi connectivity index (χ4v) is 3.63. The van der Waals surface area contributed by atoms with Gasteiger partial charge in [-0.15, -0.1) is 0 Å². The van der Waals surface area contributed by atoms with E-state index in [1.807, 2.05) is 45.9 Å². The van der Waals surface area contributed by atoms with Crippen LogP contribution >= 0.6 is 0 Å². The second-order valence-corrected chi connectivity index (χ2v) is 9.06. The lowest BCUT2D eigenvalue weighted by Gasteiger charge is -2.38. The van der Waals surface area contributed by atoms with Crippen LogP contribution in [0.4, 0.5) is 4.79 Å². The first-order valence-corrected chi connectivity index (χ1v) is 10.5. The first kappa shape index (κ1) is 23.0. The van der Waals surface area contributed by atoms with Gasteiger partial charge in [-0.2, -0.15) is 0 Å². The van der Waals surface area contributed by atoms with Crippen molar-refractivity contribution in [2.45, 2.75) is 72.4 Å². The molecule has 2 rings (SSSR count). The molecular formula is C24H35NO4. The average molecular weight is 402 g/mol. The third-order valence-corrected chi connectivity index (χ3v) is 4.84. The molecule has 0 radical (unpaired) electrons. The topological polar surface area (TPSA) is 55.8 Å². The largest absolute Gasteiger partial charge is 0.494 e. The molecule has 0 spiro atoms. The predicted molar refractivity (Wildman–Crippen MR) is 115 cm³/mol. The second-order valence-electron chi connectivity index (χ2n) is 9.06. The van der Waals surface area contributed by atoms with Gasteiger partial charge in [0.1, 0.15) is 11.4 Å². The summed E-state index contributed by atoms with van der Waals surface area (Å²) in [5, 5.41) is 0. The number of carbonyl (C=O) groups is 2. The Labute approximate surface area is 175 Å². The smallest absolute Gasteiger partial charge is 0.410 e. The van der Waals surface area contributed by atoms with Gasteiger partial charge >= 0.3 is 6.09 Å². The molecule has 1 aliphatic heterocycles. The molecule has 0 bridgehead atoms. The van der Waals surface area contributed by atoms with E-state index < -0.39 is 5.60 Å². The molecule has 0 N–H and O–H groups in total. The summed E-state index contributed by atoms with van der Waals surface area (Å²) in [5.74, 6) is 1.17. The number of amides is 1. The average Bonchev–Trinajstić information content (AvgIpc) is 2.59. The molecule has 1 heterocycles. The minimum absolute atomic E-state index is 0.000932. The Balaban J connectivity index is 2.33. The van der Waals surface area contributed by atoms with Gasteiger partial charge in [-0.25, -0.2) is 4.79 Å². The van der Waals surface area contributed by atoms with E-state index in [0.29, 0.717) is 37.5 Å².